The van der Waals surface area contributed by atoms with Crippen LogP contribution < -0.4 is 0 Å². The van der Waals surface area contributed by atoms with Crippen molar-refractivity contribution in [3.05, 3.63) is 11.7 Å². The number of ether oxygens (including phenoxy) is 1. The van der Waals surface area contributed by atoms with Crippen LogP contribution in [0.5, 0.6) is 0 Å². The van der Waals surface area contributed by atoms with Crippen molar-refractivity contribution in [2.24, 2.45) is 0 Å². The monoisotopic (exact) mass is 278 g/mol. The molecule has 0 heterocycles. The average Bonchev–Trinajstić information content (AvgIpc) is 2.11. The maximum Gasteiger partial charge on any atom is 0.428 e. The highest BCUT2D eigenvalue weighted by Crippen LogP contribution is 2.32. The fraction of sp³-hybridized carbons (Fsp3) is 0.700. The molecule has 0 radical (unpaired) electrons. The summed E-state index contributed by atoms with van der Waals surface area (Å²) < 4.78 is 78.0. The summed E-state index contributed by atoms with van der Waals surface area (Å²) in [6.45, 7) is 3.38. The van der Waals surface area contributed by atoms with Crippen molar-refractivity contribution < 1.29 is 35.9 Å². The van der Waals surface area contributed by atoms with E-state index in [0.717, 1.165) is 13.8 Å². The second kappa shape index (κ2) is 5.62. The number of rotatable bonds is 4. The van der Waals surface area contributed by atoms with Gasteiger partial charge in [0.2, 0.25) is 5.57 Å². The third-order valence-electron chi connectivity index (χ3n) is 2.15. The molecule has 18 heavy (non-hydrogen) atoms. The van der Waals surface area contributed by atoms with Crippen molar-refractivity contribution in [1.29, 1.82) is 0 Å². The molecule has 8 heteroatoms. The third kappa shape index (κ3) is 4.23. The van der Waals surface area contributed by atoms with Crippen molar-refractivity contribution >= 4 is 5.97 Å². The van der Waals surface area contributed by atoms with Crippen molar-refractivity contribution in [3.8, 4) is 0 Å². The Balaban J connectivity index is 5.14. The van der Waals surface area contributed by atoms with Gasteiger partial charge in [-0.25, -0.2) is 9.18 Å². The Morgan fingerprint density at radius 1 is 1.22 bits per heavy atom. The summed E-state index contributed by atoms with van der Waals surface area (Å²) >= 11 is 0. The van der Waals surface area contributed by atoms with Crippen molar-refractivity contribution in [1.82, 2.24) is 0 Å². The average molecular weight is 278 g/mol. The van der Waals surface area contributed by atoms with Crippen LogP contribution in [0.1, 0.15) is 27.2 Å². The van der Waals surface area contributed by atoms with Gasteiger partial charge in [-0.05, 0) is 20.3 Å². The molecule has 0 N–H and O–H groups in total. The number of esters is 1. The SMILES string of the molecule is CCC(F)C(C)(C)OC(=O)C(=C(F)F)C(F)(F)F. The molecule has 0 aromatic rings. The van der Waals surface area contributed by atoms with E-state index in [1.807, 2.05) is 0 Å². The lowest BCUT2D eigenvalue weighted by molar-refractivity contribution is -0.168. The zero-order valence-electron chi connectivity index (χ0n) is 9.87. The first-order chi connectivity index (χ1) is 7.93. The summed E-state index contributed by atoms with van der Waals surface area (Å²) in [5, 5.41) is 0. The Labute approximate surface area is 99.6 Å². The van der Waals surface area contributed by atoms with Gasteiger partial charge in [0.25, 0.3) is 6.08 Å². The van der Waals surface area contributed by atoms with Crippen LogP contribution in [-0.2, 0) is 9.53 Å². The second-order valence-corrected chi connectivity index (χ2v) is 4.00. The first-order valence-corrected chi connectivity index (χ1v) is 4.93. The normalized spacial score (nSPS) is 14.1. The van der Waals surface area contributed by atoms with E-state index >= 15 is 0 Å². The molecule has 1 unspecified atom stereocenters. The predicted octanol–water partition coefficient (Wildman–Crippen LogP) is 3.77. The van der Waals surface area contributed by atoms with E-state index in [2.05, 4.69) is 4.74 Å². The van der Waals surface area contributed by atoms with Gasteiger partial charge in [0, 0.05) is 0 Å². The Bertz CT molecular complexity index is 341. The largest absolute Gasteiger partial charge is 0.453 e. The molecule has 0 aromatic heterocycles. The molecular weight excluding hydrogens is 266 g/mol. The van der Waals surface area contributed by atoms with E-state index in [-0.39, 0.29) is 6.42 Å². The summed E-state index contributed by atoms with van der Waals surface area (Å²) in [6, 6.07) is 0. The summed E-state index contributed by atoms with van der Waals surface area (Å²) in [7, 11) is 0. The van der Waals surface area contributed by atoms with E-state index < -0.39 is 35.6 Å². The molecule has 0 aliphatic carbocycles. The number of alkyl halides is 4. The van der Waals surface area contributed by atoms with Crippen LogP contribution in [0.2, 0.25) is 0 Å². The standard InChI is InChI=1S/C10H12F6O2/c1-4-5(11)9(2,3)18-8(17)6(7(12)13)10(14,15)16/h5H,4H2,1-3H3. The number of halogens is 6. The summed E-state index contributed by atoms with van der Waals surface area (Å²) in [4.78, 5) is 11.0. The third-order valence-corrected chi connectivity index (χ3v) is 2.15. The number of hydrogen-bond acceptors (Lipinski definition) is 2. The van der Waals surface area contributed by atoms with Gasteiger partial charge in [0.15, 0.2) is 0 Å². The Kier molecular flexibility index (Phi) is 5.24. The zero-order chi connectivity index (χ0) is 14.7. The van der Waals surface area contributed by atoms with Gasteiger partial charge >= 0.3 is 12.1 Å². The molecule has 0 saturated heterocycles. The van der Waals surface area contributed by atoms with Gasteiger partial charge in [-0.3, -0.25) is 0 Å². The van der Waals surface area contributed by atoms with Gasteiger partial charge in [0.1, 0.15) is 11.8 Å². The van der Waals surface area contributed by atoms with E-state index in [4.69, 9.17) is 0 Å². The van der Waals surface area contributed by atoms with E-state index in [1.165, 1.54) is 6.92 Å². The number of carbonyl (C=O) groups is 1. The molecule has 106 valence electrons. The summed E-state index contributed by atoms with van der Waals surface area (Å²) in [6.07, 6.45) is -10.7. The molecule has 2 nitrogen and oxygen atoms in total. The molecule has 0 spiro atoms. The molecule has 0 bridgehead atoms. The van der Waals surface area contributed by atoms with Gasteiger partial charge < -0.3 is 4.74 Å². The fourth-order valence-corrected chi connectivity index (χ4v) is 1.15. The minimum absolute atomic E-state index is 0.135. The number of hydrogen-bond donors (Lipinski definition) is 0. The minimum Gasteiger partial charge on any atom is -0.453 e. The van der Waals surface area contributed by atoms with Crippen LogP contribution in [0.3, 0.4) is 0 Å². The quantitative estimate of drug-likeness (QED) is 0.444. The highest BCUT2D eigenvalue weighted by atomic mass is 19.4. The van der Waals surface area contributed by atoms with E-state index in [9.17, 15) is 31.1 Å². The minimum atomic E-state index is -5.55. The van der Waals surface area contributed by atoms with Gasteiger partial charge in [0.05, 0.1) is 0 Å². The topological polar surface area (TPSA) is 26.3 Å². The van der Waals surface area contributed by atoms with Crippen molar-refractivity contribution in [3.63, 3.8) is 0 Å². The lowest BCUT2D eigenvalue weighted by Gasteiger charge is -2.28. The molecule has 0 rings (SSSR count). The van der Waals surface area contributed by atoms with E-state index in [0.29, 0.717) is 0 Å². The zero-order valence-corrected chi connectivity index (χ0v) is 9.87. The van der Waals surface area contributed by atoms with Crippen LogP contribution in [0.25, 0.3) is 0 Å². The van der Waals surface area contributed by atoms with Gasteiger partial charge in [-0.15, -0.1) is 0 Å². The van der Waals surface area contributed by atoms with Crippen LogP contribution in [-0.4, -0.2) is 23.9 Å². The fourth-order valence-electron chi connectivity index (χ4n) is 1.15. The predicted molar refractivity (Wildman–Crippen MR) is 50.7 cm³/mol. The molecule has 0 aliphatic rings. The molecule has 0 saturated carbocycles. The van der Waals surface area contributed by atoms with Crippen LogP contribution in [0.4, 0.5) is 26.3 Å². The van der Waals surface area contributed by atoms with Crippen molar-refractivity contribution in [2.75, 3.05) is 0 Å². The lowest BCUT2D eigenvalue weighted by Crippen LogP contribution is -2.40. The maximum absolute atomic E-state index is 13.3. The Morgan fingerprint density at radius 2 is 1.67 bits per heavy atom. The summed E-state index contributed by atoms with van der Waals surface area (Å²) in [5.41, 5.74) is -4.63. The smallest absolute Gasteiger partial charge is 0.428 e. The lowest BCUT2D eigenvalue weighted by atomic mass is 10.0. The van der Waals surface area contributed by atoms with E-state index in [1.54, 1.807) is 0 Å². The molecule has 1 atom stereocenters. The molecule has 0 amide bonds. The first kappa shape index (κ1) is 16.8. The second-order valence-electron chi connectivity index (χ2n) is 4.00. The van der Waals surface area contributed by atoms with Gasteiger partial charge in [-0.2, -0.15) is 22.0 Å². The van der Waals surface area contributed by atoms with Crippen LogP contribution in [0, 0.1) is 0 Å². The summed E-state index contributed by atoms with van der Waals surface area (Å²) in [5.74, 6) is -2.29. The maximum atomic E-state index is 13.3. The van der Waals surface area contributed by atoms with Crippen LogP contribution in [0.15, 0.2) is 11.7 Å². The highest BCUT2D eigenvalue weighted by Gasteiger charge is 2.46. The van der Waals surface area contributed by atoms with Crippen LogP contribution >= 0.6 is 0 Å². The molecule has 0 fully saturated rings. The van der Waals surface area contributed by atoms with Gasteiger partial charge in [-0.1, -0.05) is 6.92 Å². The molecule has 0 aromatic carbocycles. The highest BCUT2D eigenvalue weighted by molar-refractivity contribution is 5.90. The first-order valence-electron chi connectivity index (χ1n) is 4.93. The molecular formula is C10H12F6O2. The Hall–Kier alpha value is -1.21. The van der Waals surface area contributed by atoms with Crippen molar-refractivity contribution in [2.45, 2.75) is 45.1 Å². The molecule has 0 aliphatic heterocycles. The Morgan fingerprint density at radius 3 is 1.94 bits per heavy atom. The number of carbonyl (C=O) groups excluding carboxylic acids is 1.